The van der Waals surface area contributed by atoms with Crippen LogP contribution < -0.4 is 10.1 Å². The van der Waals surface area contributed by atoms with E-state index in [1.807, 2.05) is 11.8 Å². The fraction of sp³-hybridized carbons (Fsp3) is 0.444. The standard InChI is InChI=1S/C18H22FN3O3S/c1-13-9-20-17(26-13)21-16(23)10-22-8-2-7-18(24,11-22)12-25-15-5-3-14(19)4-6-15/h3-6,9,24H,2,7-8,10-12H2,1H3,(H,20,21,23). The molecule has 0 saturated carbocycles. The molecule has 0 aliphatic carbocycles. The number of aromatic nitrogens is 1. The second-order valence-corrected chi connectivity index (χ2v) is 7.84. The Labute approximate surface area is 155 Å². The first-order valence-electron chi connectivity index (χ1n) is 8.47. The van der Waals surface area contributed by atoms with E-state index in [-0.39, 0.29) is 24.9 Å². The van der Waals surface area contributed by atoms with Gasteiger partial charge in [-0.15, -0.1) is 11.3 Å². The number of carbonyl (C=O) groups is 1. The average molecular weight is 379 g/mol. The molecule has 1 unspecified atom stereocenters. The topological polar surface area (TPSA) is 74.7 Å². The van der Waals surface area contributed by atoms with Gasteiger partial charge in [0.05, 0.1) is 6.54 Å². The highest BCUT2D eigenvalue weighted by molar-refractivity contribution is 7.15. The maximum atomic E-state index is 12.9. The van der Waals surface area contributed by atoms with Crippen LogP contribution >= 0.6 is 11.3 Å². The first-order valence-corrected chi connectivity index (χ1v) is 9.29. The van der Waals surface area contributed by atoms with Crippen molar-refractivity contribution in [3.05, 3.63) is 41.2 Å². The third kappa shape index (κ3) is 5.23. The molecule has 1 saturated heterocycles. The highest BCUT2D eigenvalue weighted by Gasteiger charge is 2.34. The van der Waals surface area contributed by atoms with Crippen molar-refractivity contribution in [2.24, 2.45) is 0 Å². The summed E-state index contributed by atoms with van der Waals surface area (Å²) >= 11 is 1.43. The smallest absolute Gasteiger partial charge is 0.240 e. The third-order valence-electron chi connectivity index (χ3n) is 4.19. The van der Waals surface area contributed by atoms with Crippen LogP contribution in [-0.2, 0) is 4.79 Å². The second-order valence-electron chi connectivity index (χ2n) is 6.61. The molecule has 1 amide bonds. The van der Waals surface area contributed by atoms with Crippen LogP contribution in [-0.4, -0.2) is 52.7 Å². The van der Waals surface area contributed by atoms with Gasteiger partial charge in [0, 0.05) is 17.6 Å². The molecule has 2 heterocycles. The number of ether oxygens (including phenoxy) is 1. The number of likely N-dealkylation sites (tertiary alicyclic amines) is 1. The molecule has 6 nitrogen and oxygen atoms in total. The minimum atomic E-state index is -1.04. The Kier molecular flexibility index (Phi) is 5.85. The maximum Gasteiger partial charge on any atom is 0.240 e. The number of hydrogen-bond acceptors (Lipinski definition) is 6. The first-order chi connectivity index (χ1) is 12.4. The van der Waals surface area contributed by atoms with E-state index in [4.69, 9.17) is 4.74 Å². The molecule has 2 aromatic rings. The Hall–Kier alpha value is -2.03. The molecule has 26 heavy (non-hydrogen) atoms. The van der Waals surface area contributed by atoms with Gasteiger partial charge in [0.25, 0.3) is 0 Å². The Morgan fingerprint density at radius 3 is 2.92 bits per heavy atom. The van der Waals surface area contributed by atoms with Gasteiger partial charge in [-0.1, -0.05) is 0 Å². The van der Waals surface area contributed by atoms with E-state index in [1.165, 1.54) is 35.6 Å². The number of thiazole rings is 1. The number of nitrogens with one attached hydrogen (secondary N) is 1. The number of anilines is 1. The Morgan fingerprint density at radius 1 is 1.46 bits per heavy atom. The summed E-state index contributed by atoms with van der Waals surface area (Å²) < 4.78 is 18.5. The van der Waals surface area contributed by atoms with E-state index in [1.54, 1.807) is 6.20 Å². The van der Waals surface area contributed by atoms with E-state index < -0.39 is 5.60 Å². The molecule has 3 rings (SSSR count). The summed E-state index contributed by atoms with van der Waals surface area (Å²) in [6, 6.07) is 5.69. The van der Waals surface area contributed by atoms with Crippen LogP contribution in [0.5, 0.6) is 5.75 Å². The van der Waals surface area contributed by atoms with Crippen molar-refractivity contribution in [3.8, 4) is 5.75 Å². The number of nitrogens with zero attached hydrogens (tertiary/aromatic N) is 2. The van der Waals surface area contributed by atoms with E-state index in [2.05, 4.69) is 10.3 Å². The number of aliphatic hydroxyl groups is 1. The van der Waals surface area contributed by atoms with Crippen LogP contribution in [0.1, 0.15) is 17.7 Å². The monoisotopic (exact) mass is 379 g/mol. The van der Waals surface area contributed by atoms with Gasteiger partial charge in [0.2, 0.25) is 5.91 Å². The lowest BCUT2D eigenvalue weighted by Crippen LogP contribution is -2.53. The van der Waals surface area contributed by atoms with Crippen molar-refractivity contribution in [3.63, 3.8) is 0 Å². The maximum absolute atomic E-state index is 12.9. The van der Waals surface area contributed by atoms with Gasteiger partial charge in [0.15, 0.2) is 5.13 Å². The van der Waals surface area contributed by atoms with Crippen LogP contribution in [0.15, 0.2) is 30.5 Å². The highest BCUT2D eigenvalue weighted by Crippen LogP contribution is 2.23. The van der Waals surface area contributed by atoms with Crippen molar-refractivity contribution in [2.45, 2.75) is 25.4 Å². The van der Waals surface area contributed by atoms with Gasteiger partial charge in [-0.2, -0.15) is 0 Å². The predicted molar refractivity (Wildman–Crippen MR) is 98.0 cm³/mol. The number of rotatable bonds is 6. The zero-order chi connectivity index (χ0) is 18.6. The number of halogens is 1. The number of carbonyl (C=O) groups excluding carboxylic acids is 1. The fourth-order valence-electron chi connectivity index (χ4n) is 2.98. The summed E-state index contributed by atoms with van der Waals surface area (Å²) in [7, 11) is 0. The van der Waals surface area contributed by atoms with Crippen LogP contribution in [0.2, 0.25) is 0 Å². The molecule has 1 fully saturated rings. The average Bonchev–Trinajstić information content (AvgIpc) is 2.99. The lowest BCUT2D eigenvalue weighted by Gasteiger charge is -2.38. The van der Waals surface area contributed by atoms with E-state index >= 15 is 0 Å². The molecule has 140 valence electrons. The Morgan fingerprint density at radius 2 is 2.23 bits per heavy atom. The van der Waals surface area contributed by atoms with Gasteiger partial charge in [0.1, 0.15) is 23.8 Å². The highest BCUT2D eigenvalue weighted by atomic mass is 32.1. The van der Waals surface area contributed by atoms with Gasteiger partial charge in [-0.25, -0.2) is 9.37 Å². The summed E-state index contributed by atoms with van der Waals surface area (Å²) in [5.74, 6) is 0.0261. The second kappa shape index (κ2) is 8.11. The predicted octanol–water partition coefficient (Wildman–Crippen LogP) is 2.44. The summed E-state index contributed by atoms with van der Waals surface area (Å²) in [5, 5.41) is 14.1. The van der Waals surface area contributed by atoms with Crippen LogP contribution in [0.25, 0.3) is 0 Å². The van der Waals surface area contributed by atoms with E-state index in [9.17, 15) is 14.3 Å². The minimum Gasteiger partial charge on any atom is -0.491 e. The minimum absolute atomic E-state index is 0.0996. The van der Waals surface area contributed by atoms with E-state index in [0.29, 0.717) is 23.8 Å². The zero-order valence-electron chi connectivity index (χ0n) is 14.6. The van der Waals surface area contributed by atoms with Gasteiger partial charge >= 0.3 is 0 Å². The molecule has 1 aromatic carbocycles. The molecule has 0 spiro atoms. The number of amides is 1. The molecule has 2 N–H and O–H groups in total. The summed E-state index contributed by atoms with van der Waals surface area (Å²) in [4.78, 5) is 19.2. The van der Waals surface area contributed by atoms with Crippen molar-refractivity contribution in [1.82, 2.24) is 9.88 Å². The van der Waals surface area contributed by atoms with E-state index in [0.717, 1.165) is 17.8 Å². The molecule has 1 atom stereocenters. The molecular weight excluding hydrogens is 357 g/mol. The lowest BCUT2D eigenvalue weighted by molar-refractivity contribution is -0.119. The molecule has 1 aromatic heterocycles. The molecule has 0 radical (unpaired) electrons. The number of piperidine rings is 1. The number of β-amino-alcohol motifs (C(OH)–C–C–N with tert-alkyl or cyclic N) is 1. The normalized spacial score (nSPS) is 20.7. The quantitative estimate of drug-likeness (QED) is 0.806. The molecule has 1 aliphatic heterocycles. The molecular formula is C18H22FN3O3S. The van der Waals surface area contributed by atoms with Crippen molar-refractivity contribution in [2.75, 3.05) is 31.6 Å². The molecule has 8 heteroatoms. The summed E-state index contributed by atoms with van der Waals surface area (Å²) in [6.07, 6.45) is 3.08. The molecule has 0 bridgehead atoms. The zero-order valence-corrected chi connectivity index (χ0v) is 15.4. The largest absolute Gasteiger partial charge is 0.491 e. The Balaban J connectivity index is 1.50. The van der Waals surface area contributed by atoms with Gasteiger partial charge < -0.3 is 15.2 Å². The number of hydrogen-bond donors (Lipinski definition) is 2. The SMILES string of the molecule is Cc1cnc(NC(=O)CN2CCCC(O)(COc3ccc(F)cc3)C2)s1. The Bertz CT molecular complexity index is 752. The first kappa shape index (κ1) is 18.8. The summed E-state index contributed by atoms with van der Waals surface area (Å²) in [6.45, 7) is 3.31. The van der Waals surface area contributed by atoms with Crippen molar-refractivity contribution in [1.29, 1.82) is 0 Å². The van der Waals surface area contributed by atoms with Crippen molar-refractivity contribution < 1.29 is 19.0 Å². The van der Waals surface area contributed by atoms with Crippen LogP contribution in [0.4, 0.5) is 9.52 Å². The van der Waals surface area contributed by atoms with Gasteiger partial charge in [-0.05, 0) is 50.6 Å². The van der Waals surface area contributed by atoms with Crippen LogP contribution in [0.3, 0.4) is 0 Å². The van der Waals surface area contributed by atoms with Gasteiger partial charge in [-0.3, -0.25) is 9.69 Å². The lowest BCUT2D eigenvalue weighted by atomic mass is 9.93. The molecule has 1 aliphatic rings. The fourth-order valence-corrected chi connectivity index (χ4v) is 3.66. The number of benzene rings is 1. The third-order valence-corrected chi connectivity index (χ3v) is 5.02. The number of aryl methyl sites for hydroxylation is 1. The van der Waals surface area contributed by atoms with Crippen LogP contribution in [0, 0.1) is 12.7 Å². The summed E-state index contributed by atoms with van der Waals surface area (Å²) in [5.41, 5.74) is -1.04. The van der Waals surface area contributed by atoms with Crippen molar-refractivity contribution >= 4 is 22.4 Å².